The summed E-state index contributed by atoms with van der Waals surface area (Å²) in [7, 11) is 0. The Balaban J connectivity index is 0.000000167. The smallest absolute Gasteiger partial charge is 0.303 e. The number of carboxylic acid groups (broad SMARTS) is 2. The fourth-order valence-corrected chi connectivity index (χ4v) is 17.3. The average Bonchev–Trinajstić information content (AvgIpc) is 3.67. The molecule has 0 aromatic rings. The number of rotatable bonds is 8. The lowest BCUT2D eigenvalue weighted by Gasteiger charge is -2.61. The lowest BCUT2D eigenvalue weighted by atomic mass is 9.44. The number of fused-ring (bicyclic) bond motifs is 10. The Bertz CT molecular complexity index is 1390. The second-order valence-electron chi connectivity index (χ2n) is 22.3. The van der Waals surface area contributed by atoms with Crippen molar-refractivity contribution >= 4 is 17.7 Å². The van der Waals surface area contributed by atoms with Gasteiger partial charge in [-0.3, -0.25) is 14.4 Å². The number of ketones is 1. The minimum absolute atomic E-state index is 0.0561. The zero-order valence-electron chi connectivity index (χ0n) is 35.1. The summed E-state index contributed by atoms with van der Waals surface area (Å²) in [6.07, 6.45) is 24.3. The predicted octanol–water partition coefficient (Wildman–Crippen LogP) is 11.2. The van der Waals surface area contributed by atoms with E-state index in [0.717, 1.165) is 86.4 Å². The van der Waals surface area contributed by atoms with Crippen LogP contribution in [0.1, 0.15) is 183 Å². The highest BCUT2D eigenvalue weighted by Crippen LogP contribution is 2.70. The number of aliphatic hydroxyl groups excluding tert-OH is 1. The zero-order chi connectivity index (χ0) is 38.8. The van der Waals surface area contributed by atoms with Crippen LogP contribution in [0.4, 0.5) is 0 Å². The van der Waals surface area contributed by atoms with Crippen molar-refractivity contribution in [1.29, 1.82) is 0 Å². The van der Waals surface area contributed by atoms with Gasteiger partial charge in [-0.25, -0.2) is 0 Å². The standard InChI is InChI=1S/C24H40O3.C24H38O3/c2*1-15(4-9-22(26)27)19-7-8-20-18-6-5-16-14-17(25)10-12-23(16,2)21(18)11-13-24(19,20)3/h15-21,25H,4-14H2,1-3H3,(H,26,27);15-16,18-21H,4-14H2,1-3H3,(H,26,27)/t15-,16-,17-,18?,19?,20+,21?,23+,24-;15-,16-,18?,19?,20+,21?,23+,24-/m11/s1. The summed E-state index contributed by atoms with van der Waals surface area (Å²) in [6, 6.07) is 0. The molecule has 54 heavy (non-hydrogen) atoms. The monoisotopic (exact) mass is 751 g/mol. The van der Waals surface area contributed by atoms with Crippen LogP contribution in [-0.4, -0.2) is 39.1 Å². The Morgan fingerprint density at radius 1 is 0.593 bits per heavy atom. The van der Waals surface area contributed by atoms with E-state index in [2.05, 4.69) is 41.5 Å². The third kappa shape index (κ3) is 7.07. The number of carboxylic acids is 2. The van der Waals surface area contributed by atoms with Gasteiger partial charge >= 0.3 is 11.9 Å². The minimum Gasteiger partial charge on any atom is -0.481 e. The van der Waals surface area contributed by atoms with Crippen molar-refractivity contribution in [3.63, 3.8) is 0 Å². The Hall–Kier alpha value is -1.43. The fraction of sp³-hybridized carbons (Fsp3) is 0.938. The Morgan fingerprint density at radius 3 is 1.54 bits per heavy atom. The SMILES string of the molecule is C[C@H](CCC(=O)O)C1CC[C@H]2C3CC[C@@H]4CC(=O)CC[C@]4(C)C3CC[C@]12C.C[C@H](CCC(=O)O)C1CC[C@H]2C3CC[C@@H]4C[C@H](O)CC[C@]4(C)C3CC[C@]12C. The van der Waals surface area contributed by atoms with Gasteiger partial charge in [-0.1, -0.05) is 41.5 Å². The highest BCUT2D eigenvalue weighted by atomic mass is 16.4. The van der Waals surface area contributed by atoms with Gasteiger partial charge in [0, 0.05) is 25.7 Å². The first-order valence-electron chi connectivity index (χ1n) is 23.1. The number of carbonyl (C=O) groups excluding carboxylic acids is 1. The molecule has 8 saturated carbocycles. The molecule has 8 aliphatic carbocycles. The summed E-state index contributed by atoms with van der Waals surface area (Å²) in [4.78, 5) is 34.1. The molecule has 306 valence electrons. The van der Waals surface area contributed by atoms with E-state index in [1.165, 1.54) is 83.5 Å². The molecule has 0 saturated heterocycles. The van der Waals surface area contributed by atoms with Gasteiger partial charge in [0.05, 0.1) is 6.10 Å². The Morgan fingerprint density at radius 2 is 1.04 bits per heavy atom. The van der Waals surface area contributed by atoms with Crippen molar-refractivity contribution < 1.29 is 29.7 Å². The maximum Gasteiger partial charge on any atom is 0.303 e. The molecule has 0 amide bonds. The summed E-state index contributed by atoms with van der Waals surface area (Å²) in [5, 5.41) is 28.4. The van der Waals surface area contributed by atoms with E-state index in [-0.39, 0.29) is 6.10 Å². The van der Waals surface area contributed by atoms with Crippen LogP contribution in [-0.2, 0) is 14.4 Å². The summed E-state index contributed by atoms with van der Waals surface area (Å²) in [5.41, 5.74) is 1.69. The zero-order valence-corrected chi connectivity index (χ0v) is 35.1. The number of hydrogen-bond donors (Lipinski definition) is 3. The summed E-state index contributed by atoms with van der Waals surface area (Å²) in [5.74, 6) is 8.09. The van der Waals surface area contributed by atoms with E-state index in [4.69, 9.17) is 10.2 Å². The first kappa shape index (κ1) is 40.8. The summed E-state index contributed by atoms with van der Waals surface area (Å²) < 4.78 is 0. The largest absolute Gasteiger partial charge is 0.481 e. The van der Waals surface area contributed by atoms with E-state index < -0.39 is 11.9 Å². The third-order valence-corrected chi connectivity index (χ3v) is 20.3. The molecule has 6 unspecified atom stereocenters. The summed E-state index contributed by atoms with van der Waals surface area (Å²) in [6.45, 7) is 14.8. The first-order chi connectivity index (χ1) is 25.5. The second kappa shape index (κ2) is 15.4. The maximum absolute atomic E-state index is 12.0. The third-order valence-electron chi connectivity index (χ3n) is 20.3. The minimum atomic E-state index is -0.650. The maximum atomic E-state index is 12.0. The molecule has 6 heteroatoms. The van der Waals surface area contributed by atoms with Crippen molar-refractivity contribution in [1.82, 2.24) is 0 Å². The van der Waals surface area contributed by atoms with Crippen LogP contribution in [0.3, 0.4) is 0 Å². The lowest BCUT2D eigenvalue weighted by molar-refractivity contribution is -0.140. The van der Waals surface area contributed by atoms with Crippen LogP contribution in [0.5, 0.6) is 0 Å². The topological polar surface area (TPSA) is 112 Å². The van der Waals surface area contributed by atoms with Crippen LogP contribution in [0.15, 0.2) is 0 Å². The van der Waals surface area contributed by atoms with Crippen molar-refractivity contribution in [2.75, 3.05) is 0 Å². The van der Waals surface area contributed by atoms with Crippen molar-refractivity contribution in [2.24, 2.45) is 92.7 Å². The first-order valence-corrected chi connectivity index (χ1v) is 23.1. The van der Waals surface area contributed by atoms with Gasteiger partial charge in [0.1, 0.15) is 5.78 Å². The number of Topliss-reactive ketones (excluding diaryl/α,β-unsaturated/α-hetero) is 1. The second-order valence-corrected chi connectivity index (χ2v) is 22.3. The lowest BCUT2D eigenvalue weighted by Crippen LogP contribution is -2.54. The van der Waals surface area contributed by atoms with E-state index in [1.54, 1.807) is 0 Å². The van der Waals surface area contributed by atoms with Crippen molar-refractivity contribution in [3.8, 4) is 0 Å². The van der Waals surface area contributed by atoms with Crippen molar-refractivity contribution in [2.45, 2.75) is 189 Å². The van der Waals surface area contributed by atoms with Gasteiger partial charge in [0.15, 0.2) is 0 Å². The summed E-state index contributed by atoms with van der Waals surface area (Å²) >= 11 is 0. The van der Waals surface area contributed by atoms with Gasteiger partial charge < -0.3 is 15.3 Å². The molecule has 0 heterocycles. The molecule has 8 fully saturated rings. The van der Waals surface area contributed by atoms with Gasteiger partial charge in [-0.15, -0.1) is 0 Å². The van der Waals surface area contributed by atoms with Crippen molar-refractivity contribution in [3.05, 3.63) is 0 Å². The quantitative estimate of drug-likeness (QED) is 0.228. The molecule has 3 N–H and O–H groups in total. The molecule has 17 atom stereocenters. The number of carbonyl (C=O) groups is 3. The highest BCUT2D eigenvalue weighted by Gasteiger charge is 2.62. The molecule has 0 aromatic carbocycles. The van der Waals surface area contributed by atoms with Crippen LogP contribution < -0.4 is 0 Å². The fourth-order valence-electron chi connectivity index (χ4n) is 17.3. The molecule has 0 spiro atoms. The molecule has 6 nitrogen and oxygen atoms in total. The van der Waals surface area contributed by atoms with Gasteiger partial charge in [0.2, 0.25) is 0 Å². The Kier molecular flexibility index (Phi) is 11.6. The molecule has 0 aliphatic heterocycles. The predicted molar refractivity (Wildman–Crippen MR) is 214 cm³/mol. The Labute approximate surface area is 328 Å². The molecule has 8 rings (SSSR count). The molecule has 8 aliphatic rings. The van der Waals surface area contributed by atoms with Gasteiger partial charge in [0.25, 0.3) is 0 Å². The van der Waals surface area contributed by atoms with Crippen LogP contribution in [0, 0.1) is 92.7 Å². The number of hydrogen-bond acceptors (Lipinski definition) is 4. The van der Waals surface area contributed by atoms with E-state index in [1.807, 2.05) is 0 Å². The van der Waals surface area contributed by atoms with Crippen LogP contribution in [0.25, 0.3) is 0 Å². The van der Waals surface area contributed by atoms with Gasteiger partial charge in [-0.05, 0) is 208 Å². The molecule has 0 aromatic heterocycles. The molecular formula is C48H78O6. The number of aliphatic hydroxyl groups is 1. The molecule has 0 radical (unpaired) electrons. The van der Waals surface area contributed by atoms with Gasteiger partial charge in [-0.2, -0.15) is 0 Å². The van der Waals surface area contributed by atoms with Crippen LogP contribution >= 0.6 is 0 Å². The molecule has 0 bridgehead atoms. The molecular weight excluding hydrogens is 673 g/mol. The van der Waals surface area contributed by atoms with E-state index in [0.29, 0.717) is 69.9 Å². The average molecular weight is 751 g/mol. The highest BCUT2D eigenvalue weighted by molar-refractivity contribution is 5.79. The van der Waals surface area contributed by atoms with Crippen LogP contribution in [0.2, 0.25) is 0 Å². The normalized spacial score (nSPS) is 49.0. The van der Waals surface area contributed by atoms with E-state index in [9.17, 15) is 19.5 Å². The van der Waals surface area contributed by atoms with E-state index >= 15 is 0 Å². The number of aliphatic carboxylic acids is 2.